The smallest absolute Gasteiger partial charge is 0.433 e. The van der Waals surface area contributed by atoms with Gasteiger partial charge in [0.2, 0.25) is 5.91 Å². The molecule has 0 saturated heterocycles. The van der Waals surface area contributed by atoms with E-state index in [1.165, 1.54) is 36.4 Å². The van der Waals surface area contributed by atoms with E-state index < -0.39 is 29.0 Å². The number of phenolic OH excluding ortho intramolecular Hbond substituents is 1. The van der Waals surface area contributed by atoms with E-state index in [2.05, 4.69) is 30.9 Å². The standard InChI is InChI=1S/C23H15ClF4N6O2/c24-12-2-3-16(25)15(7-12)22(5-6-22)21(36)30-17-8-14(20-31-33-34-32-20)13(9-18(17)35)11-1-4-19(29-10-11)23(26,27)28/h1-4,7-10,35H,5-6H2,(H,30,36)(H,31,32,33,34). The number of amides is 1. The molecule has 13 heteroatoms. The van der Waals surface area contributed by atoms with Gasteiger partial charge in [-0.25, -0.2) is 9.49 Å². The van der Waals surface area contributed by atoms with Gasteiger partial charge < -0.3 is 10.4 Å². The number of aromatic amines is 1. The number of aromatic hydroxyl groups is 1. The van der Waals surface area contributed by atoms with Crippen LogP contribution >= 0.6 is 11.6 Å². The minimum absolute atomic E-state index is 0.0243. The third-order valence-corrected chi connectivity index (χ3v) is 6.21. The fourth-order valence-corrected chi connectivity index (χ4v) is 4.14. The van der Waals surface area contributed by atoms with E-state index in [4.69, 9.17) is 11.6 Å². The minimum atomic E-state index is -4.62. The molecule has 184 valence electrons. The van der Waals surface area contributed by atoms with Crippen LogP contribution in [0.5, 0.6) is 5.75 Å². The number of nitrogens with one attached hydrogen (secondary N) is 2. The minimum Gasteiger partial charge on any atom is -0.506 e. The number of anilines is 1. The second-order valence-electron chi connectivity index (χ2n) is 8.26. The van der Waals surface area contributed by atoms with Crippen LogP contribution in [0.2, 0.25) is 5.02 Å². The second-order valence-corrected chi connectivity index (χ2v) is 8.69. The Balaban J connectivity index is 1.53. The Hall–Kier alpha value is -4.06. The lowest BCUT2D eigenvalue weighted by Crippen LogP contribution is -2.28. The molecule has 1 aliphatic carbocycles. The number of hydrogen-bond acceptors (Lipinski definition) is 6. The van der Waals surface area contributed by atoms with Gasteiger partial charge in [-0.1, -0.05) is 17.7 Å². The topological polar surface area (TPSA) is 117 Å². The average molecular weight is 519 g/mol. The molecule has 1 amide bonds. The summed E-state index contributed by atoms with van der Waals surface area (Å²) >= 11 is 6.00. The number of pyridine rings is 1. The molecular weight excluding hydrogens is 504 g/mol. The Kier molecular flexibility index (Phi) is 5.62. The van der Waals surface area contributed by atoms with Gasteiger partial charge in [0.1, 0.15) is 17.3 Å². The summed E-state index contributed by atoms with van der Waals surface area (Å²) in [5, 5.41) is 27.0. The molecule has 0 unspecified atom stereocenters. The number of carbonyl (C=O) groups is 1. The lowest BCUT2D eigenvalue weighted by molar-refractivity contribution is -0.141. The Morgan fingerprint density at radius 2 is 1.89 bits per heavy atom. The van der Waals surface area contributed by atoms with Crippen molar-refractivity contribution in [2.24, 2.45) is 0 Å². The van der Waals surface area contributed by atoms with Crippen LogP contribution in [0.1, 0.15) is 24.1 Å². The summed E-state index contributed by atoms with van der Waals surface area (Å²) in [6, 6.07) is 8.58. The zero-order chi connectivity index (χ0) is 25.7. The van der Waals surface area contributed by atoms with E-state index in [9.17, 15) is 27.5 Å². The van der Waals surface area contributed by atoms with Gasteiger partial charge in [0.05, 0.1) is 11.1 Å². The number of carbonyl (C=O) groups excluding carboxylic acids is 1. The van der Waals surface area contributed by atoms with Crippen molar-refractivity contribution in [3.63, 3.8) is 0 Å². The highest BCUT2D eigenvalue weighted by Gasteiger charge is 2.53. The Morgan fingerprint density at radius 1 is 1.11 bits per heavy atom. The first-order valence-electron chi connectivity index (χ1n) is 10.5. The number of aromatic nitrogens is 5. The van der Waals surface area contributed by atoms with E-state index in [1.54, 1.807) is 0 Å². The molecule has 2 heterocycles. The van der Waals surface area contributed by atoms with Crippen molar-refractivity contribution in [2.75, 3.05) is 5.32 Å². The van der Waals surface area contributed by atoms with Gasteiger partial charge in [-0.15, -0.1) is 5.10 Å². The first-order valence-corrected chi connectivity index (χ1v) is 10.9. The highest BCUT2D eigenvalue weighted by Crippen LogP contribution is 2.51. The summed E-state index contributed by atoms with van der Waals surface area (Å²) in [6.07, 6.45) is -2.85. The number of hydrogen-bond donors (Lipinski definition) is 3. The maximum absolute atomic E-state index is 14.5. The Labute approximate surface area is 205 Å². The van der Waals surface area contributed by atoms with Gasteiger partial charge in [0, 0.05) is 27.9 Å². The quantitative estimate of drug-likeness (QED) is 0.249. The van der Waals surface area contributed by atoms with Gasteiger partial charge in [-0.05, 0) is 65.2 Å². The lowest BCUT2D eigenvalue weighted by Gasteiger charge is -2.19. The molecule has 1 fully saturated rings. The van der Waals surface area contributed by atoms with Crippen LogP contribution in [0, 0.1) is 5.82 Å². The summed E-state index contributed by atoms with van der Waals surface area (Å²) in [7, 11) is 0. The summed E-state index contributed by atoms with van der Waals surface area (Å²) in [6.45, 7) is 0. The van der Waals surface area contributed by atoms with Crippen molar-refractivity contribution in [1.29, 1.82) is 0 Å². The van der Waals surface area contributed by atoms with E-state index in [0.717, 1.165) is 12.3 Å². The SMILES string of the molecule is O=C(Nc1cc(-c2nnn[nH]2)c(-c2ccc(C(F)(F)F)nc2)cc1O)C1(c2cc(Cl)ccc2F)CC1. The fourth-order valence-electron chi connectivity index (χ4n) is 3.97. The normalized spacial score (nSPS) is 14.5. The number of alkyl halides is 3. The molecular formula is C23H15ClF4N6O2. The number of H-pyrrole nitrogens is 1. The first-order chi connectivity index (χ1) is 17.1. The zero-order valence-corrected chi connectivity index (χ0v) is 18.8. The second kappa shape index (κ2) is 8.55. The fraction of sp³-hybridized carbons (Fsp3) is 0.174. The van der Waals surface area contributed by atoms with Gasteiger partial charge in [0.15, 0.2) is 5.82 Å². The molecule has 0 aliphatic heterocycles. The Bertz CT molecular complexity index is 1450. The number of tetrazole rings is 1. The predicted molar refractivity (Wildman–Crippen MR) is 120 cm³/mol. The van der Waals surface area contributed by atoms with Gasteiger partial charge in [-0.3, -0.25) is 9.78 Å². The summed E-state index contributed by atoms with van der Waals surface area (Å²) < 4.78 is 53.3. The molecule has 0 spiro atoms. The summed E-state index contributed by atoms with van der Waals surface area (Å²) in [5.74, 6) is -1.38. The maximum Gasteiger partial charge on any atom is 0.433 e. The number of nitrogens with zero attached hydrogens (tertiary/aromatic N) is 4. The van der Waals surface area contributed by atoms with Crippen LogP contribution in [-0.4, -0.2) is 36.6 Å². The molecule has 1 saturated carbocycles. The van der Waals surface area contributed by atoms with Crippen LogP contribution < -0.4 is 5.32 Å². The van der Waals surface area contributed by atoms with E-state index in [-0.39, 0.29) is 44.5 Å². The Morgan fingerprint density at radius 3 is 2.50 bits per heavy atom. The van der Waals surface area contributed by atoms with E-state index in [1.807, 2.05) is 0 Å². The van der Waals surface area contributed by atoms with Crippen LogP contribution in [-0.2, 0) is 16.4 Å². The van der Waals surface area contributed by atoms with E-state index >= 15 is 0 Å². The van der Waals surface area contributed by atoms with Crippen molar-refractivity contribution in [2.45, 2.75) is 24.4 Å². The molecule has 8 nitrogen and oxygen atoms in total. The highest BCUT2D eigenvalue weighted by molar-refractivity contribution is 6.30. The van der Waals surface area contributed by atoms with Crippen LogP contribution in [0.25, 0.3) is 22.5 Å². The largest absolute Gasteiger partial charge is 0.506 e. The zero-order valence-electron chi connectivity index (χ0n) is 18.1. The van der Waals surface area contributed by atoms with Crippen molar-refractivity contribution in [3.05, 3.63) is 70.8 Å². The summed E-state index contributed by atoms with van der Waals surface area (Å²) in [4.78, 5) is 16.7. The predicted octanol–water partition coefficient (Wildman–Crippen LogP) is 5.12. The first kappa shape index (κ1) is 23.7. The number of phenols is 1. The van der Waals surface area contributed by atoms with Crippen LogP contribution in [0.3, 0.4) is 0 Å². The maximum atomic E-state index is 14.5. The molecule has 4 aromatic rings. The van der Waals surface area contributed by atoms with Gasteiger partial charge in [-0.2, -0.15) is 13.2 Å². The molecule has 2 aromatic carbocycles. The lowest BCUT2D eigenvalue weighted by atomic mass is 9.93. The van der Waals surface area contributed by atoms with E-state index in [0.29, 0.717) is 12.8 Å². The van der Waals surface area contributed by atoms with Crippen molar-refractivity contribution in [1.82, 2.24) is 25.6 Å². The number of halogens is 5. The molecule has 5 rings (SSSR count). The molecule has 2 aromatic heterocycles. The molecule has 0 atom stereocenters. The molecule has 0 radical (unpaired) electrons. The number of rotatable bonds is 5. The molecule has 0 bridgehead atoms. The highest BCUT2D eigenvalue weighted by atomic mass is 35.5. The monoisotopic (exact) mass is 518 g/mol. The van der Waals surface area contributed by atoms with Crippen LogP contribution in [0.15, 0.2) is 48.7 Å². The third-order valence-electron chi connectivity index (χ3n) is 5.98. The molecule has 3 N–H and O–H groups in total. The summed E-state index contributed by atoms with van der Waals surface area (Å²) in [5.41, 5.74) is -1.33. The molecule has 36 heavy (non-hydrogen) atoms. The van der Waals surface area contributed by atoms with Crippen LogP contribution in [0.4, 0.5) is 23.2 Å². The number of benzene rings is 2. The van der Waals surface area contributed by atoms with Crippen molar-refractivity contribution in [3.8, 4) is 28.3 Å². The van der Waals surface area contributed by atoms with Gasteiger partial charge >= 0.3 is 6.18 Å². The average Bonchev–Trinajstić information content (AvgIpc) is 3.47. The van der Waals surface area contributed by atoms with Crippen molar-refractivity contribution >= 4 is 23.2 Å². The van der Waals surface area contributed by atoms with Gasteiger partial charge in [0.25, 0.3) is 0 Å². The third kappa shape index (κ3) is 4.24. The molecule has 1 aliphatic rings. The van der Waals surface area contributed by atoms with Crippen molar-refractivity contribution < 1.29 is 27.5 Å².